The molecule has 0 saturated heterocycles. The predicted octanol–water partition coefficient (Wildman–Crippen LogP) is 5.79. The van der Waals surface area contributed by atoms with Crippen molar-refractivity contribution in [2.75, 3.05) is 78.4 Å². The molecule has 0 aliphatic carbocycles. The number of aryl methyl sites for hydroxylation is 1. The zero-order chi connectivity index (χ0) is 31.3. The lowest BCUT2D eigenvalue weighted by Gasteiger charge is -2.17. The lowest BCUT2D eigenvalue weighted by Crippen LogP contribution is -2.20. The molecule has 11 heteroatoms. The van der Waals surface area contributed by atoms with Gasteiger partial charge in [-0.25, -0.2) is 9.97 Å². The molecule has 2 aromatic carbocycles. The summed E-state index contributed by atoms with van der Waals surface area (Å²) in [4.78, 5) is 11.9. The Morgan fingerprint density at radius 1 is 0.844 bits per heavy atom. The Kier molecular flexibility index (Phi) is 12.8. The van der Waals surface area contributed by atoms with E-state index in [-0.39, 0.29) is 6.04 Å². The van der Waals surface area contributed by atoms with Gasteiger partial charge in [0.15, 0.2) is 11.5 Å². The summed E-state index contributed by atoms with van der Waals surface area (Å²) in [5.41, 5.74) is 3.28. The first kappa shape index (κ1) is 33.1. The Hall–Kier alpha value is -3.32. The first-order valence-electron chi connectivity index (χ1n) is 15.6. The maximum Gasteiger partial charge on any atom is 0.162 e. The summed E-state index contributed by atoms with van der Waals surface area (Å²) >= 11 is 1.79. The van der Waals surface area contributed by atoms with Gasteiger partial charge in [0.1, 0.15) is 11.6 Å². The number of fused-ring (bicyclic) bond motifs is 5. The van der Waals surface area contributed by atoms with Crippen molar-refractivity contribution in [3.8, 4) is 21.9 Å². The SMILES string of the molecule is COc1cc2nc(C)nc3c2cc1OCCCOCCOCCOCCOCCNCc1ccccc1-c1ccc(s1)C(C)N3. The minimum absolute atomic E-state index is 0.0244. The van der Waals surface area contributed by atoms with Crippen LogP contribution in [0.25, 0.3) is 21.3 Å². The Balaban J connectivity index is 1.34. The van der Waals surface area contributed by atoms with E-state index < -0.39 is 0 Å². The number of ether oxygens (including phenoxy) is 6. The van der Waals surface area contributed by atoms with E-state index >= 15 is 0 Å². The van der Waals surface area contributed by atoms with Crippen molar-refractivity contribution in [2.24, 2.45) is 0 Å². The van der Waals surface area contributed by atoms with E-state index in [1.807, 2.05) is 19.1 Å². The van der Waals surface area contributed by atoms with Crippen LogP contribution in [0.3, 0.4) is 0 Å². The van der Waals surface area contributed by atoms with Crippen molar-refractivity contribution in [2.45, 2.75) is 32.9 Å². The molecule has 0 spiro atoms. The molecule has 4 aromatic rings. The van der Waals surface area contributed by atoms with Crippen molar-refractivity contribution in [3.05, 3.63) is 64.8 Å². The smallest absolute Gasteiger partial charge is 0.162 e. The zero-order valence-corrected chi connectivity index (χ0v) is 27.3. The summed E-state index contributed by atoms with van der Waals surface area (Å²) in [5, 5.41) is 8.04. The molecule has 5 rings (SSSR count). The summed E-state index contributed by atoms with van der Waals surface area (Å²) in [6.45, 7) is 10.5. The summed E-state index contributed by atoms with van der Waals surface area (Å²) in [6.07, 6.45) is 0.732. The molecule has 1 atom stereocenters. The Morgan fingerprint density at radius 2 is 1.58 bits per heavy atom. The first-order valence-corrected chi connectivity index (χ1v) is 16.4. The monoisotopic (exact) mass is 636 g/mol. The van der Waals surface area contributed by atoms with Gasteiger partial charge in [-0.3, -0.25) is 0 Å². The molecule has 0 radical (unpaired) electrons. The summed E-state index contributed by atoms with van der Waals surface area (Å²) in [6, 6.07) is 16.8. The second-order valence-corrected chi connectivity index (χ2v) is 11.8. The summed E-state index contributed by atoms with van der Waals surface area (Å²) in [5.74, 6) is 2.72. The average Bonchev–Trinajstić information content (AvgIpc) is 3.54. The molecule has 1 aliphatic rings. The van der Waals surface area contributed by atoms with Crippen LogP contribution in [-0.4, -0.2) is 83.1 Å². The highest BCUT2D eigenvalue weighted by Gasteiger charge is 2.17. The minimum atomic E-state index is 0.0244. The number of thiophene rings is 1. The highest BCUT2D eigenvalue weighted by molar-refractivity contribution is 7.15. The molecule has 3 heterocycles. The molecule has 242 valence electrons. The van der Waals surface area contributed by atoms with Gasteiger partial charge in [-0.15, -0.1) is 11.3 Å². The molecule has 10 nitrogen and oxygen atoms in total. The third kappa shape index (κ3) is 9.59. The van der Waals surface area contributed by atoms with Gasteiger partial charge in [0.05, 0.1) is 71.5 Å². The number of hydrogen-bond acceptors (Lipinski definition) is 11. The lowest BCUT2D eigenvalue weighted by molar-refractivity contribution is -0.00241. The van der Waals surface area contributed by atoms with Gasteiger partial charge in [0, 0.05) is 47.3 Å². The molecule has 1 unspecified atom stereocenters. The van der Waals surface area contributed by atoms with Gasteiger partial charge >= 0.3 is 0 Å². The van der Waals surface area contributed by atoms with Crippen molar-refractivity contribution in [1.82, 2.24) is 15.3 Å². The summed E-state index contributed by atoms with van der Waals surface area (Å²) in [7, 11) is 1.64. The number of methoxy groups -OCH3 is 1. The highest BCUT2D eigenvalue weighted by Crippen LogP contribution is 2.37. The number of aromatic nitrogens is 2. The molecule has 45 heavy (non-hydrogen) atoms. The Morgan fingerprint density at radius 3 is 2.36 bits per heavy atom. The van der Waals surface area contributed by atoms with Crippen LogP contribution in [0.2, 0.25) is 0 Å². The highest BCUT2D eigenvalue weighted by atomic mass is 32.1. The number of nitrogens with one attached hydrogen (secondary N) is 2. The van der Waals surface area contributed by atoms with E-state index in [4.69, 9.17) is 33.4 Å². The maximum atomic E-state index is 6.14. The molecular weight excluding hydrogens is 592 g/mol. The van der Waals surface area contributed by atoms with Gasteiger partial charge < -0.3 is 39.1 Å². The van der Waals surface area contributed by atoms with Crippen LogP contribution in [0.4, 0.5) is 5.82 Å². The number of benzene rings is 2. The Bertz CT molecular complexity index is 1500. The maximum absolute atomic E-state index is 6.14. The fraction of sp³-hybridized carbons (Fsp3) is 0.471. The molecule has 0 amide bonds. The van der Waals surface area contributed by atoms with E-state index in [0.29, 0.717) is 76.8 Å². The standard InChI is InChI=1S/C34H44N4O6S/c1-24-32-9-10-33(45-32)27-8-5-4-7-26(27)23-35-11-14-41-16-18-43-20-19-42-17-15-40-12-6-13-44-31-21-28-29(22-30(31)39-3)37-25(2)38-34(28)36-24/h4-5,7-10,21-22,24,35H,6,11-20,23H2,1-3H3,(H,36,37,38). The van der Waals surface area contributed by atoms with Gasteiger partial charge in [0.2, 0.25) is 0 Å². The molecule has 2 aromatic heterocycles. The van der Waals surface area contributed by atoms with Gasteiger partial charge in [-0.2, -0.15) is 0 Å². The molecule has 1 aliphatic heterocycles. The van der Waals surface area contributed by atoms with Crippen LogP contribution in [0.15, 0.2) is 48.5 Å². The molecular formula is C34H44N4O6S. The third-order valence-corrected chi connectivity index (χ3v) is 8.63. The lowest BCUT2D eigenvalue weighted by atomic mass is 10.1. The first-order chi connectivity index (χ1) is 22.1. The quantitative estimate of drug-likeness (QED) is 0.267. The fourth-order valence-electron chi connectivity index (χ4n) is 5.03. The minimum Gasteiger partial charge on any atom is -0.493 e. The number of anilines is 1. The van der Waals surface area contributed by atoms with E-state index in [2.05, 4.69) is 58.9 Å². The van der Waals surface area contributed by atoms with Crippen molar-refractivity contribution < 1.29 is 28.4 Å². The average molecular weight is 637 g/mol. The zero-order valence-electron chi connectivity index (χ0n) is 26.4. The van der Waals surface area contributed by atoms with E-state index in [1.165, 1.54) is 20.9 Å². The normalized spacial score (nSPS) is 18.5. The van der Waals surface area contributed by atoms with Crippen LogP contribution in [0.1, 0.15) is 35.7 Å². The number of hydrogen-bond donors (Lipinski definition) is 2. The molecule has 0 fully saturated rings. The topological polar surface area (TPSA) is 105 Å². The van der Waals surface area contributed by atoms with Gasteiger partial charge in [-0.1, -0.05) is 24.3 Å². The molecule has 2 N–H and O–H groups in total. The van der Waals surface area contributed by atoms with Gasteiger partial charge in [-0.05, 0) is 43.2 Å². The largest absolute Gasteiger partial charge is 0.493 e. The third-order valence-electron chi connectivity index (χ3n) is 7.33. The van der Waals surface area contributed by atoms with Crippen LogP contribution in [-0.2, 0) is 25.5 Å². The van der Waals surface area contributed by atoms with Crippen LogP contribution >= 0.6 is 11.3 Å². The van der Waals surface area contributed by atoms with Crippen molar-refractivity contribution in [3.63, 3.8) is 0 Å². The predicted molar refractivity (Wildman–Crippen MR) is 178 cm³/mol. The second kappa shape index (κ2) is 17.4. The van der Waals surface area contributed by atoms with Gasteiger partial charge in [0.25, 0.3) is 0 Å². The fourth-order valence-corrected chi connectivity index (χ4v) is 6.10. The van der Waals surface area contributed by atoms with Crippen molar-refractivity contribution >= 4 is 28.1 Å². The number of rotatable bonds is 1. The van der Waals surface area contributed by atoms with E-state index in [1.54, 1.807) is 18.4 Å². The molecule has 4 bridgehead atoms. The summed E-state index contributed by atoms with van der Waals surface area (Å²) < 4.78 is 34.4. The van der Waals surface area contributed by atoms with Crippen LogP contribution in [0, 0.1) is 6.92 Å². The second-order valence-electron chi connectivity index (χ2n) is 10.7. The molecule has 0 saturated carbocycles. The van der Waals surface area contributed by atoms with E-state index in [0.717, 1.165) is 36.2 Å². The Labute approximate surface area is 269 Å². The number of nitrogens with zero attached hydrogens (tertiary/aromatic N) is 2. The van der Waals surface area contributed by atoms with Crippen LogP contribution < -0.4 is 20.1 Å². The van der Waals surface area contributed by atoms with Crippen molar-refractivity contribution in [1.29, 1.82) is 0 Å². The van der Waals surface area contributed by atoms with E-state index in [9.17, 15) is 0 Å². The van der Waals surface area contributed by atoms with Crippen LogP contribution in [0.5, 0.6) is 11.5 Å².